The predicted molar refractivity (Wildman–Crippen MR) is 115 cm³/mol. The zero-order valence-corrected chi connectivity index (χ0v) is 16.6. The SMILES string of the molecule is Cc1cc2cc(C3C(C#N)=C(N)Oc4c3ccc3cccnc43)c(=O)[nH]c2cc1Cl. The number of nitrogens with one attached hydrogen (secondary N) is 1. The van der Waals surface area contributed by atoms with Crippen LogP contribution >= 0.6 is 11.6 Å². The first kappa shape index (κ1) is 18.2. The maximum atomic E-state index is 13.0. The quantitative estimate of drug-likeness (QED) is 0.484. The van der Waals surface area contributed by atoms with Crippen molar-refractivity contribution in [2.45, 2.75) is 12.8 Å². The van der Waals surface area contributed by atoms with Crippen LogP contribution in [0.5, 0.6) is 5.75 Å². The third-order valence-electron chi connectivity index (χ3n) is 5.42. The molecule has 146 valence electrons. The van der Waals surface area contributed by atoms with E-state index in [4.69, 9.17) is 22.1 Å². The fraction of sp³-hybridized carbons (Fsp3) is 0.0870. The number of aromatic amines is 1. The van der Waals surface area contributed by atoms with E-state index in [1.54, 1.807) is 18.3 Å². The van der Waals surface area contributed by atoms with Crippen LogP contribution < -0.4 is 16.0 Å². The average Bonchev–Trinajstić information content (AvgIpc) is 2.74. The minimum atomic E-state index is -0.672. The summed E-state index contributed by atoms with van der Waals surface area (Å²) < 4.78 is 5.81. The number of benzene rings is 2. The molecule has 2 aromatic carbocycles. The van der Waals surface area contributed by atoms with Crippen LogP contribution in [0, 0.1) is 18.3 Å². The van der Waals surface area contributed by atoms with Crippen LogP contribution in [0.2, 0.25) is 5.02 Å². The monoisotopic (exact) mass is 414 g/mol. The Balaban J connectivity index is 1.83. The van der Waals surface area contributed by atoms with E-state index in [-0.39, 0.29) is 17.0 Å². The highest BCUT2D eigenvalue weighted by atomic mass is 35.5. The van der Waals surface area contributed by atoms with Crippen molar-refractivity contribution in [1.82, 2.24) is 9.97 Å². The summed E-state index contributed by atoms with van der Waals surface area (Å²) in [6, 6.07) is 15.0. The van der Waals surface area contributed by atoms with E-state index < -0.39 is 5.92 Å². The van der Waals surface area contributed by atoms with Gasteiger partial charge in [-0.05, 0) is 42.1 Å². The topological polar surface area (TPSA) is 105 Å². The summed E-state index contributed by atoms with van der Waals surface area (Å²) in [5, 5.41) is 12.1. The minimum Gasteiger partial charge on any atom is -0.438 e. The van der Waals surface area contributed by atoms with Crippen LogP contribution in [0.25, 0.3) is 21.8 Å². The lowest BCUT2D eigenvalue weighted by molar-refractivity contribution is 0.397. The van der Waals surface area contributed by atoms with Gasteiger partial charge in [-0.3, -0.25) is 9.78 Å². The largest absolute Gasteiger partial charge is 0.438 e. The molecule has 0 bridgehead atoms. The Bertz CT molecular complexity index is 1500. The lowest BCUT2D eigenvalue weighted by Crippen LogP contribution is -2.25. The molecule has 0 saturated carbocycles. The molecule has 0 saturated heterocycles. The van der Waals surface area contributed by atoms with E-state index in [9.17, 15) is 10.1 Å². The standard InChI is InChI=1S/C23H15ClN4O2/c1-11-7-13-8-15(23(29)28-18(13)9-17(11)24)19-14-5-4-12-3-2-6-27-20(12)21(14)30-22(26)16(19)10-25/h2-9,19H,26H2,1H3,(H,28,29). The number of nitrogens with two attached hydrogens (primary N) is 1. The summed E-state index contributed by atoms with van der Waals surface area (Å²) in [5.41, 5.74) is 9.19. The van der Waals surface area contributed by atoms with Crippen LogP contribution in [0.4, 0.5) is 0 Å². The summed E-state index contributed by atoms with van der Waals surface area (Å²) in [7, 11) is 0. The molecule has 0 aliphatic carbocycles. The Labute approximate surface area is 176 Å². The van der Waals surface area contributed by atoms with Crippen molar-refractivity contribution in [3.05, 3.63) is 92.2 Å². The van der Waals surface area contributed by atoms with Crippen LogP contribution in [0.3, 0.4) is 0 Å². The Morgan fingerprint density at radius 2 is 2.03 bits per heavy atom. The number of pyridine rings is 2. The number of halogens is 1. The van der Waals surface area contributed by atoms with E-state index in [0.717, 1.165) is 16.3 Å². The molecule has 0 spiro atoms. The number of allylic oxidation sites excluding steroid dienone is 1. The van der Waals surface area contributed by atoms with Gasteiger partial charge < -0.3 is 15.5 Å². The molecule has 1 aliphatic heterocycles. The lowest BCUT2D eigenvalue weighted by atomic mass is 9.83. The minimum absolute atomic E-state index is 0.0278. The summed E-state index contributed by atoms with van der Waals surface area (Å²) in [6.45, 7) is 1.90. The molecular weight excluding hydrogens is 400 g/mol. The highest BCUT2D eigenvalue weighted by molar-refractivity contribution is 6.32. The van der Waals surface area contributed by atoms with E-state index in [0.29, 0.717) is 32.9 Å². The predicted octanol–water partition coefficient (Wildman–Crippen LogP) is 4.26. The molecule has 1 unspecified atom stereocenters. The fourth-order valence-corrected chi connectivity index (χ4v) is 4.11. The van der Waals surface area contributed by atoms with Gasteiger partial charge in [0.15, 0.2) is 5.75 Å². The molecule has 6 nitrogen and oxygen atoms in total. The summed E-state index contributed by atoms with van der Waals surface area (Å²) in [6.07, 6.45) is 1.66. The van der Waals surface area contributed by atoms with E-state index in [1.807, 2.05) is 37.3 Å². The Morgan fingerprint density at radius 3 is 2.83 bits per heavy atom. The van der Waals surface area contributed by atoms with Gasteiger partial charge in [0, 0.05) is 33.2 Å². The van der Waals surface area contributed by atoms with Crippen molar-refractivity contribution in [3.63, 3.8) is 0 Å². The summed E-state index contributed by atoms with van der Waals surface area (Å²) >= 11 is 6.20. The average molecular weight is 415 g/mol. The number of nitrogens with zero attached hydrogens (tertiary/aromatic N) is 2. The van der Waals surface area contributed by atoms with Crippen molar-refractivity contribution in [2.24, 2.45) is 5.73 Å². The maximum absolute atomic E-state index is 13.0. The molecule has 2 aromatic heterocycles. The smallest absolute Gasteiger partial charge is 0.252 e. The number of aryl methyl sites for hydroxylation is 1. The lowest BCUT2D eigenvalue weighted by Gasteiger charge is -2.26. The molecule has 4 aromatic rings. The fourth-order valence-electron chi connectivity index (χ4n) is 3.95. The Hall–Kier alpha value is -3.82. The third kappa shape index (κ3) is 2.64. The van der Waals surface area contributed by atoms with Gasteiger partial charge in [-0.1, -0.05) is 29.8 Å². The zero-order chi connectivity index (χ0) is 21.0. The van der Waals surface area contributed by atoms with Crippen molar-refractivity contribution in [1.29, 1.82) is 5.26 Å². The number of rotatable bonds is 1. The molecular formula is C23H15ClN4O2. The summed E-state index contributed by atoms with van der Waals surface area (Å²) in [5.74, 6) is -0.240. The van der Waals surface area contributed by atoms with Crippen molar-refractivity contribution < 1.29 is 4.74 Å². The molecule has 5 rings (SSSR count). The highest BCUT2D eigenvalue weighted by Crippen LogP contribution is 2.44. The second-order valence-electron chi connectivity index (χ2n) is 7.23. The number of H-pyrrole nitrogens is 1. The van der Waals surface area contributed by atoms with Gasteiger partial charge in [-0.2, -0.15) is 5.26 Å². The first-order valence-corrected chi connectivity index (χ1v) is 9.64. The van der Waals surface area contributed by atoms with Gasteiger partial charge in [-0.25, -0.2) is 0 Å². The van der Waals surface area contributed by atoms with Crippen LogP contribution in [-0.4, -0.2) is 9.97 Å². The molecule has 3 N–H and O–H groups in total. The number of ether oxygens (including phenoxy) is 1. The van der Waals surface area contributed by atoms with Gasteiger partial charge in [0.2, 0.25) is 5.88 Å². The number of hydrogen-bond donors (Lipinski definition) is 2. The van der Waals surface area contributed by atoms with Crippen LogP contribution in [-0.2, 0) is 0 Å². The molecule has 1 aliphatic rings. The van der Waals surface area contributed by atoms with E-state index in [2.05, 4.69) is 16.0 Å². The molecule has 3 heterocycles. The van der Waals surface area contributed by atoms with Crippen LogP contribution in [0.15, 0.2) is 64.9 Å². The molecule has 1 atom stereocenters. The van der Waals surface area contributed by atoms with Gasteiger partial charge in [-0.15, -0.1) is 0 Å². The van der Waals surface area contributed by atoms with Gasteiger partial charge in [0.05, 0.1) is 5.92 Å². The van der Waals surface area contributed by atoms with Crippen LogP contribution in [0.1, 0.15) is 22.6 Å². The number of fused-ring (bicyclic) bond motifs is 4. The number of hydrogen-bond acceptors (Lipinski definition) is 5. The first-order valence-electron chi connectivity index (χ1n) is 9.26. The zero-order valence-electron chi connectivity index (χ0n) is 15.9. The van der Waals surface area contributed by atoms with Gasteiger partial charge >= 0.3 is 0 Å². The molecule has 30 heavy (non-hydrogen) atoms. The summed E-state index contributed by atoms with van der Waals surface area (Å²) in [4.78, 5) is 20.3. The number of aromatic nitrogens is 2. The van der Waals surface area contributed by atoms with E-state index in [1.165, 1.54) is 0 Å². The molecule has 0 fully saturated rings. The normalized spacial score (nSPS) is 15.7. The van der Waals surface area contributed by atoms with E-state index >= 15 is 0 Å². The first-order chi connectivity index (χ1) is 14.5. The molecule has 0 amide bonds. The molecule has 0 radical (unpaired) electrons. The molecule has 7 heteroatoms. The van der Waals surface area contributed by atoms with Crippen molar-refractivity contribution in [2.75, 3.05) is 0 Å². The maximum Gasteiger partial charge on any atom is 0.252 e. The second kappa shape index (κ2) is 6.61. The Morgan fingerprint density at radius 1 is 1.20 bits per heavy atom. The van der Waals surface area contributed by atoms with Crippen molar-refractivity contribution in [3.8, 4) is 11.8 Å². The highest BCUT2D eigenvalue weighted by Gasteiger charge is 2.33. The number of nitriles is 1. The van der Waals surface area contributed by atoms with Crippen molar-refractivity contribution >= 4 is 33.4 Å². The van der Waals surface area contributed by atoms with Gasteiger partial charge in [0.25, 0.3) is 5.56 Å². The second-order valence-corrected chi connectivity index (χ2v) is 7.63. The van der Waals surface area contributed by atoms with Gasteiger partial charge in [0.1, 0.15) is 17.2 Å². The third-order valence-corrected chi connectivity index (χ3v) is 5.83. The Kier molecular flexibility index (Phi) is 4.02.